The highest BCUT2D eigenvalue weighted by molar-refractivity contribution is 6.01. The Morgan fingerprint density at radius 3 is 2.33 bits per heavy atom. The topological polar surface area (TPSA) is 41.5 Å². The average molecular weight is 330 g/mol. The van der Waals surface area contributed by atoms with Crippen LogP contribution in [0.15, 0.2) is 29.4 Å². The SMILES string of the molecule is CCC/C(=N\NC(=O)C1[C@H]2CCCCCC[C@H]12)c1ccc(F)cc1. The molecule has 24 heavy (non-hydrogen) atoms. The third kappa shape index (κ3) is 4.03. The summed E-state index contributed by atoms with van der Waals surface area (Å²) in [6.07, 6.45) is 9.19. The van der Waals surface area contributed by atoms with E-state index in [9.17, 15) is 9.18 Å². The molecule has 1 aromatic carbocycles. The summed E-state index contributed by atoms with van der Waals surface area (Å²) < 4.78 is 13.1. The van der Waals surface area contributed by atoms with Gasteiger partial charge in [-0.3, -0.25) is 4.79 Å². The van der Waals surface area contributed by atoms with E-state index in [-0.39, 0.29) is 17.6 Å². The fourth-order valence-electron chi connectivity index (χ4n) is 4.08. The molecule has 4 heteroatoms. The van der Waals surface area contributed by atoms with Crippen molar-refractivity contribution in [2.45, 2.75) is 58.3 Å². The largest absolute Gasteiger partial charge is 0.273 e. The van der Waals surface area contributed by atoms with Crippen LogP contribution in [0.3, 0.4) is 0 Å². The summed E-state index contributed by atoms with van der Waals surface area (Å²) in [5.74, 6) is 1.11. The van der Waals surface area contributed by atoms with Gasteiger partial charge in [-0.2, -0.15) is 5.10 Å². The Labute approximate surface area is 143 Å². The standard InChI is InChI=1S/C20H27FN2O/c1-2-7-18(14-10-12-15(21)13-11-14)22-23-20(24)19-16-8-5-3-4-6-9-17(16)19/h10-13,16-17,19H,2-9H2,1H3,(H,23,24)/b22-18+/t16-,17-/m0/s1. The van der Waals surface area contributed by atoms with Crippen LogP contribution in [-0.4, -0.2) is 11.6 Å². The molecule has 2 aliphatic carbocycles. The number of nitrogens with zero attached hydrogens (tertiary/aromatic N) is 1. The lowest BCUT2D eigenvalue weighted by Crippen LogP contribution is -2.23. The second kappa shape index (κ2) is 7.91. The van der Waals surface area contributed by atoms with Gasteiger partial charge >= 0.3 is 0 Å². The van der Waals surface area contributed by atoms with Gasteiger partial charge in [0.25, 0.3) is 0 Å². The molecule has 2 fully saturated rings. The molecule has 0 radical (unpaired) electrons. The van der Waals surface area contributed by atoms with Crippen LogP contribution >= 0.6 is 0 Å². The fourth-order valence-corrected chi connectivity index (χ4v) is 4.08. The summed E-state index contributed by atoms with van der Waals surface area (Å²) in [5, 5.41) is 4.37. The van der Waals surface area contributed by atoms with Crippen LogP contribution in [0.5, 0.6) is 0 Å². The number of benzene rings is 1. The van der Waals surface area contributed by atoms with E-state index in [0.29, 0.717) is 11.8 Å². The quantitative estimate of drug-likeness (QED) is 0.619. The number of hydrogen-bond donors (Lipinski definition) is 1. The maximum atomic E-state index is 13.1. The van der Waals surface area contributed by atoms with E-state index < -0.39 is 0 Å². The lowest BCUT2D eigenvalue weighted by Gasteiger charge is -2.06. The minimum atomic E-state index is -0.257. The van der Waals surface area contributed by atoms with E-state index in [1.165, 1.54) is 50.7 Å². The van der Waals surface area contributed by atoms with Crippen molar-refractivity contribution in [1.29, 1.82) is 0 Å². The molecule has 3 rings (SSSR count). The maximum Gasteiger partial charge on any atom is 0.243 e. The summed E-state index contributed by atoms with van der Waals surface area (Å²) >= 11 is 0. The molecule has 0 unspecified atom stereocenters. The smallest absolute Gasteiger partial charge is 0.243 e. The molecule has 3 nitrogen and oxygen atoms in total. The molecule has 1 amide bonds. The molecule has 130 valence electrons. The van der Waals surface area contributed by atoms with E-state index in [0.717, 1.165) is 24.1 Å². The van der Waals surface area contributed by atoms with Crippen molar-refractivity contribution in [3.8, 4) is 0 Å². The van der Waals surface area contributed by atoms with Crippen molar-refractivity contribution in [2.24, 2.45) is 22.9 Å². The van der Waals surface area contributed by atoms with Crippen LogP contribution in [-0.2, 0) is 4.79 Å². The molecule has 2 saturated carbocycles. The van der Waals surface area contributed by atoms with Gasteiger partial charge in [-0.05, 0) is 48.8 Å². The molecule has 2 atom stereocenters. The molecule has 0 heterocycles. The van der Waals surface area contributed by atoms with Gasteiger partial charge in [-0.15, -0.1) is 0 Å². The predicted molar refractivity (Wildman–Crippen MR) is 94.2 cm³/mol. The number of rotatable bonds is 5. The normalized spacial score (nSPS) is 26.9. The number of hydrazone groups is 1. The first-order chi connectivity index (χ1) is 11.7. The second-order valence-corrected chi connectivity index (χ2v) is 7.14. The number of hydrogen-bond acceptors (Lipinski definition) is 2. The van der Waals surface area contributed by atoms with Gasteiger partial charge in [0.1, 0.15) is 5.82 Å². The Balaban J connectivity index is 1.63. The van der Waals surface area contributed by atoms with Crippen molar-refractivity contribution in [3.05, 3.63) is 35.6 Å². The Kier molecular flexibility index (Phi) is 5.64. The molecule has 0 spiro atoms. The highest BCUT2D eigenvalue weighted by Gasteiger charge is 2.53. The first-order valence-corrected chi connectivity index (χ1v) is 9.33. The van der Waals surface area contributed by atoms with Crippen LogP contribution in [0.4, 0.5) is 4.39 Å². The van der Waals surface area contributed by atoms with E-state index in [2.05, 4.69) is 17.5 Å². The van der Waals surface area contributed by atoms with Crippen LogP contribution in [0.2, 0.25) is 0 Å². The number of amides is 1. The average Bonchev–Trinajstić information content (AvgIpc) is 3.23. The van der Waals surface area contributed by atoms with Crippen LogP contribution in [0.1, 0.15) is 63.9 Å². The number of carbonyl (C=O) groups is 1. The summed E-state index contributed by atoms with van der Waals surface area (Å²) in [7, 11) is 0. The number of nitrogens with one attached hydrogen (secondary N) is 1. The van der Waals surface area contributed by atoms with Crippen molar-refractivity contribution in [1.82, 2.24) is 5.43 Å². The Morgan fingerprint density at radius 2 is 1.75 bits per heavy atom. The van der Waals surface area contributed by atoms with E-state index in [1.807, 2.05) is 0 Å². The maximum absolute atomic E-state index is 13.1. The Bertz CT molecular complexity index is 582. The molecule has 0 saturated heterocycles. The molecule has 0 aromatic heterocycles. The molecule has 0 bridgehead atoms. The van der Waals surface area contributed by atoms with Gasteiger partial charge in [0.2, 0.25) is 5.91 Å². The first-order valence-electron chi connectivity index (χ1n) is 9.33. The summed E-state index contributed by atoms with van der Waals surface area (Å²) in [4.78, 5) is 12.5. The number of carbonyl (C=O) groups excluding carboxylic acids is 1. The van der Waals surface area contributed by atoms with Crippen LogP contribution in [0, 0.1) is 23.6 Å². The van der Waals surface area contributed by atoms with Gasteiger partial charge < -0.3 is 0 Å². The third-order valence-corrected chi connectivity index (χ3v) is 5.42. The van der Waals surface area contributed by atoms with E-state index >= 15 is 0 Å². The Morgan fingerprint density at radius 1 is 1.12 bits per heavy atom. The predicted octanol–water partition coefficient (Wildman–Crippen LogP) is 4.66. The third-order valence-electron chi connectivity index (χ3n) is 5.42. The monoisotopic (exact) mass is 330 g/mol. The number of halogens is 1. The fraction of sp³-hybridized carbons (Fsp3) is 0.600. The zero-order valence-corrected chi connectivity index (χ0v) is 14.4. The highest BCUT2D eigenvalue weighted by atomic mass is 19.1. The zero-order chi connectivity index (χ0) is 16.9. The lowest BCUT2D eigenvalue weighted by molar-refractivity contribution is -0.122. The summed E-state index contributed by atoms with van der Waals surface area (Å²) in [5.41, 5.74) is 4.49. The van der Waals surface area contributed by atoms with E-state index in [4.69, 9.17) is 0 Å². The minimum Gasteiger partial charge on any atom is -0.273 e. The first kappa shape index (κ1) is 17.1. The van der Waals surface area contributed by atoms with Gasteiger partial charge in [-0.1, -0.05) is 51.2 Å². The zero-order valence-electron chi connectivity index (χ0n) is 14.4. The molecule has 1 N–H and O–H groups in total. The molecular formula is C20H27FN2O. The van der Waals surface area contributed by atoms with Gasteiger partial charge in [0.15, 0.2) is 0 Å². The Hall–Kier alpha value is -1.71. The second-order valence-electron chi connectivity index (χ2n) is 7.14. The number of fused-ring (bicyclic) bond motifs is 1. The van der Waals surface area contributed by atoms with Gasteiger partial charge in [0.05, 0.1) is 5.71 Å². The highest BCUT2D eigenvalue weighted by Crippen LogP contribution is 2.53. The van der Waals surface area contributed by atoms with Crippen LogP contribution in [0.25, 0.3) is 0 Å². The van der Waals surface area contributed by atoms with Crippen molar-refractivity contribution in [2.75, 3.05) is 0 Å². The molecule has 0 aliphatic heterocycles. The lowest BCUT2D eigenvalue weighted by atomic mass is 10.0. The minimum absolute atomic E-state index is 0.0719. The molecular weight excluding hydrogens is 303 g/mol. The van der Waals surface area contributed by atoms with Gasteiger partial charge in [0, 0.05) is 5.92 Å². The van der Waals surface area contributed by atoms with Crippen LogP contribution < -0.4 is 5.43 Å². The molecule has 2 aliphatic rings. The van der Waals surface area contributed by atoms with E-state index in [1.54, 1.807) is 12.1 Å². The van der Waals surface area contributed by atoms with Gasteiger partial charge in [-0.25, -0.2) is 9.82 Å². The summed E-state index contributed by atoms with van der Waals surface area (Å²) in [6.45, 7) is 2.07. The summed E-state index contributed by atoms with van der Waals surface area (Å²) in [6, 6.07) is 6.32. The van der Waals surface area contributed by atoms with Crippen molar-refractivity contribution < 1.29 is 9.18 Å². The van der Waals surface area contributed by atoms with Crippen molar-refractivity contribution >= 4 is 11.6 Å². The van der Waals surface area contributed by atoms with Crippen molar-refractivity contribution in [3.63, 3.8) is 0 Å². The molecule has 1 aromatic rings.